The van der Waals surface area contributed by atoms with Crippen LogP contribution in [0.2, 0.25) is 0 Å². The van der Waals surface area contributed by atoms with Gasteiger partial charge < -0.3 is 5.32 Å². The average Bonchev–Trinajstić information content (AvgIpc) is 3.39. The number of nitrogens with one attached hydrogen (secondary N) is 1. The minimum Gasteiger partial charge on any atom is -0.324 e. The number of anilines is 1. The standard InChI is InChI=1S/C20H15FN4O2S/c1-2-18(26)24-15-10-12(5-6-14(15)21)16-7-8-22-20-13(11-23-25(16)20)19(27)17-4-3-9-28-17/h3-11H,2H2,1H3,(H,24,26). The maximum atomic E-state index is 14.1. The lowest BCUT2D eigenvalue weighted by Gasteiger charge is -2.09. The Hall–Kier alpha value is -3.39. The number of carbonyl (C=O) groups excluding carboxylic acids is 2. The van der Waals surface area contributed by atoms with Crippen molar-refractivity contribution in [2.75, 3.05) is 5.32 Å². The number of hydrogen-bond acceptors (Lipinski definition) is 5. The number of carbonyl (C=O) groups is 2. The third kappa shape index (κ3) is 3.18. The molecule has 8 heteroatoms. The van der Waals surface area contributed by atoms with E-state index in [0.717, 1.165) is 0 Å². The van der Waals surface area contributed by atoms with Crippen molar-refractivity contribution in [2.45, 2.75) is 13.3 Å². The first-order chi connectivity index (χ1) is 13.6. The third-order valence-electron chi connectivity index (χ3n) is 4.25. The zero-order valence-electron chi connectivity index (χ0n) is 14.8. The van der Waals surface area contributed by atoms with Gasteiger partial charge in [-0.05, 0) is 35.7 Å². The van der Waals surface area contributed by atoms with Crippen LogP contribution in [0.25, 0.3) is 16.9 Å². The summed E-state index contributed by atoms with van der Waals surface area (Å²) in [6.45, 7) is 1.69. The average molecular weight is 394 g/mol. The second-order valence-electron chi connectivity index (χ2n) is 6.03. The van der Waals surface area contributed by atoms with Gasteiger partial charge in [0.15, 0.2) is 5.65 Å². The van der Waals surface area contributed by atoms with Gasteiger partial charge in [-0.3, -0.25) is 9.59 Å². The van der Waals surface area contributed by atoms with Crippen LogP contribution in [-0.4, -0.2) is 26.3 Å². The van der Waals surface area contributed by atoms with Gasteiger partial charge in [-0.25, -0.2) is 13.9 Å². The summed E-state index contributed by atoms with van der Waals surface area (Å²) in [5.74, 6) is -0.951. The van der Waals surface area contributed by atoms with Crippen molar-refractivity contribution in [3.05, 3.63) is 70.4 Å². The van der Waals surface area contributed by atoms with Crippen LogP contribution in [0.1, 0.15) is 28.6 Å². The van der Waals surface area contributed by atoms with E-state index in [1.807, 2.05) is 11.4 Å². The van der Waals surface area contributed by atoms with Gasteiger partial charge in [0.05, 0.1) is 28.0 Å². The molecule has 140 valence electrons. The lowest BCUT2D eigenvalue weighted by atomic mass is 10.1. The molecule has 1 aromatic carbocycles. The molecule has 4 rings (SSSR count). The highest BCUT2D eigenvalue weighted by molar-refractivity contribution is 7.12. The summed E-state index contributed by atoms with van der Waals surface area (Å²) in [7, 11) is 0. The van der Waals surface area contributed by atoms with E-state index < -0.39 is 5.82 Å². The van der Waals surface area contributed by atoms with Gasteiger partial charge in [0, 0.05) is 18.2 Å². The van der Waals surface area contributed by atoms with E-state index in [9.17, 15) is 14.0 Å². The summed E-state index contributed by atoms with van der Waals surface area (Å²) in [5, 5.41) is 8.70. The minimum absolute atomic E-state index is 0.0938. The summed E-state index contributed by atoms with van der Waals surface area (Å²) in [4.78, 5) is 29.3. The van der Waals surface area contributed by atoms with E-state index in [4.69, 9.17) is 0 Å². The van der Waals surface area contributed by atoms with E-state index in [-0.39, 0.29) is 23.8 Å². The zero-order chi connectivity index (χ0) is 19.7. The van der Waals surface area contributed by atoms with Gasteiger partial charge >= 0.3 is 0 Å². The van der Waals surface area contributed by atoms with Crippen LogP contribution in [0.4, 0.5) is 10.1 Å². The molecular weight excluding hydrogens is 379 g/mol. The Morgan fingerprint density at radius 3 is 2.86 bits per heavy atom. The van der Waals surface area contributed by atoms with Crippen molar-refractivity contribution in [3.8, 4) is 11.3 Å². The number of hydrogen-bond donors (Lipinski definition) is 1. The highest BCUT2D eigenvalue weighted by atomic mass is 32.1. The third-order valence-corrected chi connectivity index (χ3v) is 5.12. The molecular formula is C20H15FN4O2S. The Bertz CT molecular complexity index is 1180. The van der Waals surface area contributed by atoms with Crippen LogP contribution in [-0.2, 0) is 4.79 Å². The lowest BCUT2D eigenvalue weighted by molar-refractivity contribution is -0.115. The van der Waals surface area contributed by atoms with Crippen molar-refractivity contribution in [1.29, 1.82) is 0 Å². The Morgan fingerprint density at radius 1 is 1.25 bits per heavy atom. The van der Waals surface area contributed by atoms with Gasteiger partial charge in [-0.1, -0.05) is 13.0 Å². The molecule has 0 aliphatic carbocycles. The Morgan fingerprint density at radius 2 is 2.11 bits per heavy atom. The first-order valence-corrected chi connectivity index (χ1v) is 9.47. The molecule has 28 heavy (non-hydrogen) atoms. The number of rotatable bonds is 5. The number of thiophene rings is 1. The SMILES string of the molecule is CCC(=O)Nc1cc(-c2ccnc3c(C(=O)c4cccs4)cnn23)ccc1F. The largest absolute Gasteiger partial charge is 0.324 e. The quantitative estimate of drug-likeness (QED) is 0.515. The fraction of sp³-hybridized carbons (Fsp3) is 0.100. The highest BCUT2D eigenvalue weighted by Crippen LogP contribution is 2.27. The summed E-state index contributed by atoms with van der Waals surface area (Å²) in [6.07, 6.45) is 3.30. The maximum absolute atomic E-state index is 14.1. The zero-order valence-corrected chi connectivity index (χ0v) is 15.7. The number of amides is 1. The fourth-order valence-electron chi connectivity index (χ4n) is 2.83. The van der Waals surface area contributed by atoms with E-state index in [1.165, 1.54) is 23.6 Å². The molecule has 3 heterocycles. The predicted molar refractivity (Wildman–Crippen MR) is 105 cm³/mol. The first-order valence-electron chi connectivity index (χ1n) is 8.59. The van der Waals surface area contributed by atoms with E-state index in [1.54, 1.807) is 41.9 Å². The molecule has 1 amide bonds. The molecule has 4 aromatic rings. The second-order valence-corrected chi connectivity index (χ2v) is 6.97. The van der Waals surface area contributed by atoms with E-state index >= 15 is 0 Å². The number of fused-ring (bicyclic) bond motifs is 1. The molecule has 0 radical (unpaired) electrons. The normalized spacial score (nSPS) is 10.9. The molecule has 0 aliphatic heterocycles. The van der Waals surface area contributed by atoms with Crippen LogP contribution in [0, 0.1) is 5.82 Å². The number of ketones is 1. The summed E-state index contributed by atoms with van der Waals surface area (Å²) >= 11 is 1.35. The topological polar surface area (TPSA) is 76.4 Å². The van der Waals surface area contributed by atoms with E-state index in [2.05, 4.69) is 15.4 Å². The molecule has 6 nitrogen and oxygen atoms in total. The molecule has 0 unspecified atom stereocenters. The monoisotopic (exact) mass is 394 g/mol. The van der Waals surface area contributed by atoms with Crippen molar-refractivity contribution < 1.29 is 14.0 Å². The van der Waals surface area contributed by atoms with Crippen molar-refractivity contribution >= 4 is 34.4 Å². The second kappa shape index (κ2) is 7.32. The smallest absolute Gasteiger partial charge is 0.224 e. The van der Waals surface area contributed by atoms with Crippen molar-refractivity contribution in [2.24, 2.45) is 0 Å². The predicted octanol–water partition coefficient (Wildman–Crippen LogP) is 4.18. The fourth-order valence-corrected chi connectivity index (χ4v) is 3.51. The van der Waals surface area contributed by atoms with Crippen LogP contribution in [0.5, 0.6) is 0 Å². The highest BCUT2D eigenvalue weighted by Gasteiger charge is 2.19. The molecule has 0 fully saturated rings. The van der Waals surface area contributed by atoms with Crippen molar-refractivity contribution in [3.63, 3.8) is 0 Å². The Labute approximate surface area is 163 Å². The lowest BCUT2D eigenvalue weighted by Crippen LogP contribution is -2.11. The summed E-state index contributed by atoms with van der Waals surface area (Å²) in [6, 6.07) is 9.70. The number of nitrogens with zero attached hydrogens (tertiary/aromatic N) is 3. The maximum Gasteiger partial charge on any atom is 0.224 e. The molecule has 1 N–H and O–H groups in total. The van der Waals surface area contributed by atoms with E-state index in [0.29, 0.717) is 27.3 Å². The molecule has 0 atom stereocenters. The molecule has 3 aromatic heterocycles. The molecule has 0 aliphatic rings. The van der Waals surface area contributed by atoms with Gasteiger partial charge in [-0.2, -0.15) is 5.10 Å². The molecule has 0 saturated heterocycles. The molecule has 0 saturated carbocycles. The summed E-state index contributed by atoms with van der Waals surface area (Å²) < 4.78 is 15.6. The van der Waals surface area contributed by atoms with Gasteiger partial charge in [0.25, 0.3) is 0 Å². The van der Waals surface area contributed by atoms with Crippen LogP contribution in [0.15, 0.2) is 54.2 Å². The molecule has 0 spiro atoms. The van der Waals surface area contributed by atoms with Crippen molar-refractivity contribution in [1.82, 2.24) is 14.6 Å². The van der Waals surface area contributed by atoms with Gasteiger partial charge in [-0.15, -0.1) is 11.3 Å². The minimum atomic E-state index is -0.523. The Kier molecular flexibility index (Phi) is 4.70. The van der Waals surface area contributed by atoms with Crippen LogP contribution in [0.3, 0.4) is 0 Å². The van der Waals surface area contributed by atoms with Gasteiger partial charge in [0.1, 0.15) is 5.82 Å². The number of halogens is 1. The molecule has 0 bridgehead atoms. The van der Waals surface area contributed by atoms with Gasteiger partial charge in [0.2, 0.25) is 11.7 Å². The van der Waals surface area contributed by atoms with Crippen LogP contribution >= 0.6 is 11.3 Å². The number of benzene rings is 1. The summed E-state index contributed by atoms with van der Waals surface area (Å²) in [5.41, 5.74) is 2.17. The number of aromatic nitrogens is 3. The first kappa shape index (κ1) is 18.0. The van der Waals surface area contributed by atoms with Crippen LogP contribution < -0.4 is 5.32 Å². The Balaban J connectivity index is 1.79.